The highest BCUT2D eigenvalue weighted by Crippen LogP contribution is 2.38. The SMILES string of the molecule is Cc1cc(C)cc(OCc2nnc(SCc3nc(N)c4c5c(sc4n3)CCCC5)n2N)c1. The highest BCUT2D eigenvalue weighted by atomic mass is 32.2. The first kappa shape index (κ1) is 21.0. The molecule has 0 fully saturated rings. The van der Waals surface area contributed by atoms with E-state index >= 15 is 0 Å². The zero-order chi connectivity index (χ0) is 22.2. The van der Waals surface area contributed by atoms with Gasteiger partial charge in [-0.25, -0.2) is 14.6 Å². The number of hydrogen-bond donors (Lipinski definition) is 2. The van der Waals surface area contributed by atoms with Crippen molar-refractivity contribution < 1.29 is 4.74 Å². The van der Waals surface area contributed by atoms with Gasteiger partial charge in [-0.2, -0.15) is 0 Å². The lowest BCUT2D eigenvalue weighted by Crippen LogP contribution is -2.16. The summed E-state index contributed by atoms with van der Waals surface area (Å²) in [7, 11) is 0. The molecule has 0 radical (unpaired) electrons. The molecule has 4 N–H and O–H groups in total. The molecule has 32 heavy (non-hydrogen) atoms. The Bertz CT molecular complexity index is 1280. The van der Waals surface area contributed by atoms with Gasteiger partial charge in [-0.1, -0.05) is 17.8 Å². The van der Waals surface area contributed by atoms with Crippen molar-refractivity contribution in [1.29, 1.82) is 0 Å². The van der Waals surface area contributed by atoms with Crippen LogP contribution in [0.25, 0.3) is 10.2 Å². The molecule has 10 heteroatoms. The van der Waals surface area contributed by atoms with E-state index in [1.54, 1.807) is 11.3 Å². The minimum Gasteiger partial charge on any atom is -0.486 e. The van der Waals surface area contributed by atoms with Crippen LogP contribution in [0.3, 0.4) is 0 Å². The predicted molar refractivity (Wildman–Crippen MR) is 128 cm³/mol. The van der Waals surface area contributed by atoms with E-state index in [0.717, 1.165) is 39.9 Å². The molecule has 0 atom stereocenters. The summed E-state index contributed by atoms with van der Waals surface area (Å²) in [6.45, 7) is 4.32. The molecule has 3 aromatic heterocycles. The molecule has 8 nitrogen and oxygen atoms in total. The van der Waals surface area contributed by atoms with E-state index in [2.05, 4.69) is 21.2 Å². The average molecular weight is 468 g/mol. The van der Waals surface area contributed by atoms with E-state index < -0.39 is 0 Å². The van der Waals surface area contributed by atoms with E-state index in [1.165, 1.54) is 39.7 Å². The van der Waals surface area contributed by atoms with Crippen LogP contribution in [0.5, 0.6) is 5.75 Å². The number of anilines is 1. The third kappa shape index (κ3) is 4.12. The Morgan fingerprint density at radius 3 is 2.69 bits per heavy atom. The van der Waals surface area contributed by atoms with Gasteiger partial charge in [-0.05, 0) is 68.4 Å². The Morgan fingerprint density at radius 2 is 1.88 bits per heavy atom. The number of rotatable bonds is 6. The predicted octanol–water partition coefficient (Wildman–Crippen LogP) is 3.95. The number of benzene rings is 1. The molecular weight excluding hydrogens is 442 g/mol. The molecule has 0 spiro atoms. The van der Waals surface area contributed by atoms with Crippen LogP contribution >= 0.6 is 23.1 Å². The van der Waals surface area contributed by atoms with Crippen molar-refractivity contribution in [2.75, 3.05) is 11.6 Å². The molecule has 3 heterocycles. The number of fused-ring (bicyclic) bond motifs is 3. The quantitative estimate of drug-likeness (QED) is 0.323. The van der Waals surface area contributed by atoms with E-state index in [1.807, 2.05) is 26.0 Å². The Labute approximate surface area is 194 Å². The molecule has 1 aliphatic rings. The maximum Gasteiger partial charge on any atom is 0.210 e. The lowest BCUT2D eigenvalue weighted by molar-refractivity contribution is 0.291. The zero-order valence-electron chi connectivity index (χ0n) is 18.1. The fourth-order valence-electron chi connectivity index (χ4n) is 4.09. The highest BCUT2D eigenvalue weighted by molar-refractivity contribution is 7.98. The third-order valence-corrected chi connectivity index (χ3v) is 7.64. The third-order valence-electron chi connectivity index (χ3n) is 5.52. The fraction of sp³-hybridized carbons (Fsp3) is 0.364. The summed E-state index contributed by atoms with van der Waals surface area (Å²) in [5.74, 6) is 9.30. The second-order valence-electron chi connectivity index (χ2n) is 8.09. The van der Waals surface area contributed by atoms with E-state index in [-0.39, 0.29) is 6.61 Å². The first-order chi connectivity index (χ1) is 15.5. The second kappa shape index (κ2) is 8.59. The number of thiophene rings is 1. The molecule has 166 valence electrons. The Balaban J connectivity index is 1.28. The number of aryl methyl sites for hydroxylation is 4. The van der Waals surface area contributed by atoms with Crippen molar-refractivity contribution in [3.63, 3.8) is 0 Å². The smallest absolute Gasteiger partial charge is 0.210 e. The monoisotopic (exact) mass is 467 g/mol. The maximum absolute atomic E-state index is 6.32. The topological polar surface area (TPSA) is 118 Å². The van der Waals surface area contributed by atoms with Gasteiger partial charge in [-0.15, -0.1) is 21.5 Å². The molecule has 1 aliphatic carbocycles. The number of thioether (sulfide) groups is 1. The fourth-order valence-corrected chi connectivity index (χ4v) is 6.11. The normalized spacial score (nSPS) is 13.4. The van der Waals surface area contributed by atoms with Crippen molar-refractivity contribution in [2.45, 2.75) is 57.0 Å². The van der Waals surface area contributed by atoms with Crippen LogP contribution in [0.4, 0.5) is 5.82 Å². The number of ether oxygens (including phenoxy) is 1. The van der Waals surface area contributed by atoms with Crippen LogP contribution in [0, 0.1) is 13.8 Å². The minimum absolute atomic E-state index is 0.239. The van der Waals surface area contributed by atoms with Crippen LogP contribution in [-0.4, -0.2) is 24.8 Å². The van der Waals surface area contributed by atoms with E-state index in [0.29, 0.717) is 28.4 Å². The molecule has 4 aromatic rings. The van der Waals surface area contributed by atoms with Crippen LogP contribution < -0.4 is 16.3 Å². The number of hydrogen-bond acceptors (Lipinski definition) is 9. The van der Waals surface area contributed by atoms with Crippen molar-refractivity contribution in [3.8, 4) is 5.75 Å². The second-order valence-corrected chi connectivity index (χ2v) is 10.1. The van der Waals surface area contributed by atoms with Crippen molar-refractivity contribution in [1.82, 2.24) is 24.8 Å². The molecule has 0 aliphatic heterocycles. The maximum atomic E-state index is 6.32. The molecule has 0 amide bonds. The van der Waals surface area contributed by atoms with Gasteiger partial charge in [-0.3, -0.25) is 0 Å². The largest absolute Gasteiger partial charge is 0.486 e. The van der Waals surface area contributed by atoms with Gasteiger partial charge in [0.15, 0.2) is 5.82 Å². The summed E-state index contributed by atoms with van der Waals surface area (Å²) in [6, 6.07) is 6.07. The first-order valence-corrected chi connectivity index (χ1v) is 12.4. The summed E-state index contributed by atoms with van der Waals surface area (Å²) in [5.41, 5.74) is 9.96. The molecule has 5 rings (SSSR count). The molecule has 0 saturated carbocycles. The van der Waals surface area contributed by atoms with Crippen LogP contribution in [0.2, 0.25) is 0 Å². The lowest BCUT2D eigenvalue weighted by Gasteiger charge is -2.10. The summed E-state index contributed by atoms with van der Waals surface area (Å²) < 4.78 is 7.32. The Hall–Kier alpha value is -2.85. The van der Waals surface area contributed by atoms with Gasteiger partial charge in [0.1, 0.15) is 28.8 Å². The Kier molecular flexibility index (Phi) is 5.64. The van der Waals surface area contributed by atoms with Crippen LogP contribution in [0.15, 0.2) is 23.4 Å². The molecular formula is C22H25N7OS2. The molecule has 1 aromatic carbocycles. The summed E-state index contributed by atoms with van der Waals surface area (Å²) in [6.07, 6.45) is 4.62. The average Bonchev–Trinajstić information content (AvgIpc) is 3.30. The number of nitrogens with two attached hydrogens (primary N) is 2. The first-order valence-electron chi connectivity index (χ1n) is 10.6. The van der Waals surface area contributed by atoms with Gasteiger partial charge in [0.05, 0.1) is 11.1 Å². The van der Waals surface area contributed by atoms with Gasteiger partial charge in [0.25, 0.3) is 0 Å². The van der Waals surface area contributed by atoms with E-state index in [9.17, 15) is 0 Å². The van der Waals surface area contributed by atoms with Crippen molar-refractivity contribution in [2.24, 2.45) is 0 Å². The summed E-state index contributed by atoms with van der Waals surface area (Å²) >= 11 is 3.18. The van der Waals surface area contributed by atoms with Crippen molar-refractivity contribution >= 4 is 39.1 Å². The van der Waals surface area contributed by atoms with Gasteiger partial charge in [0, 0.05) is 4.88 Å². The van der Waals surface area contributed by atoms with Gasteiger partial charge >= 0.3 is 0 Å². The molecule has 0 saturated heterocycles. The van der Waals surface area contributed by atoms with Crippen LogP contribution in [0.1, 0.15) is 46.1 Å². The van der Waals surface area contributed by atoms with Gasteiger partial charge < -0.3 is 16.3 Å². The molecule has 0 bridgehead atoms. The number of nitrogens with zero attached hydrogens (tertiary/aromatic N) is 5. The number of nitrogen functional groups attached to an aromatic ring is 2. The van der Waals surface area contributed by atoms with E-state index in [4.69, 9.17) is 21.3 Å². The van der Waals surface area contributed by atoms with Crippen molar-refractivity contribution in [3.05, 3.63) is 51.4 Å². The summed E-state index contributed by atoms with van der Waals surface area (Å²) in [5, 5.41) is 10.0. The summed E-state index contributed by atoms with van der Waals surface area (Å²) in [4.78, 5) is 11.7. The number of aromatic nitrogens is 5. The minimum atomic E-state index is 0.239. The lowest BCUT2D eigenvalue weighted by atomic mass is 9.97. The van der Waals surface area contributed by atoms with Crippen LogP contribution in [-0.2, 0) is 25.2 Å². The highest BCUT2D eigenvalue weighted by Gasteiger charge is 2.20. The standard InChI is InChI=1S/C22H25N7OS2/c1-12-7-13(2)9-14(8-12)30-10-18-27-28-22(29(18)24)31-11-17-25-20(23)19-15-5-3-4-6-16(15)32-21(19)26-17/h7-9H,3-6,10-11,24H2,1-2H3,(H2,23,25,26). The van der Waals surface area contributed by atoms with Gasteiger partial charge in [0.2, 0.25) is 5.16 Å². The zero-order valence-corrected chi connectivity index (χ0v) is 19.7. The molecule has 0 unspecified atom stereocenters. The Morgan fingerprint density at radius 1 is 1.09 bits per heavy atom.